The molecule has 0 aromatic heterocycles. The van der Waals surface area contributed by atoms with Crippen LogP contribution in [0.1, 0.15) is 29.5 Å². The number of alkyl halides is 3. The predicted molar refractivity (Wildman–Crippen MR) is 63.4 cm³/mol. The first-order valence-electron chi connectivity index (χ1n) is 5.82. The normalized spacial score (nSPS) is 15.3. The van der Waals surface area contributed by atoms with E-state index in [9.17, 15) is 21.6 Å². The van der Waals surface area contributed by atoms with E-state index in [4.69, 9.17) is 5.26 Å². The molecule has 1 aliphatic carbocycles. The van der Waals surface area contributed by atoms with Gasteiger partial charge < -0.3 is 4.18 Å². The number of hydrogen-bond acceptors (Lipinski definition) is 4. The molecule has 1 aliphatic rings. The van der Waals surface area contributed by atoms with E-state index >= 15 is 0 Å². The summed E-state index contributed by atoms with van der Waals surface area (Å²) < 4.78 is 63.3. The van der Waals surface area contributed by atoms with Gasteiger partial charge in [0.05, 0.1) is 11.6 Å². The van der Waals surface area contributed by atoms with E-state index in [0.29, 0.717) is 36.0 Å². The van der Waals surface area contributed by atoms with E-state index in [2.05, 4.69) is 4.18 Å². The number of fused-ring (bicyclic) bond motifs is 1. The molecule has 108 valence electrons. The van der Waals surface area contributed by atoms with E-state index in [1.165, 1.54) is 6.07 Å². The van der Waals surface area contributed by atoms with Gasteiger partial charge in [-0.15, -0.1) is 0 Å². The largest absolute Gasteiger partial charge is 0.534 e. The SMILES string of the molecule is N#Cc1ccc(OS(=O)(=O)C(F)(F)F)c2c1CCCC2. The molecule has 1 aromatic rings. The third kappa shape index (κ3) is 2.58. The standard InChI is InChI=1S/C12H10F3NO3S/c13-12(14,15)20(17,18)19-11-6-5-8(7-16)9-3-1-2-4-10(9)11/h5-6H,1-4H2. The van der Waals surface area contributed by atoms with Gasteiger partial charge >= 0.3 is 15.6 Å². The van der Waals surface area contributed by atoms with Crippen LogP contribution in [0.3, 0.4) is 0 Å². The van der Waals surface area contributed by atoms with Crippen LogP contribution in [-0.2, 0) is 23.0 Å². The summed E-state index contributed by atoms with van der Waals surface area (Å²) in [7, 11) is -5.69. The summed E-state index contributed by atoms with van der Waals surface area (Å²) >= 11 is 0. The lowest BCUT2D eigenvalue weighted by Gasteiger charge is -2.20. The number of rotatable bonds is 2. The number of halogens is 3. The average Bonchev–Trinajstić information content (AvgIpc) is 2.37. The van der Waals surface area contributed by atoms with Gasteiger partial charge in [-0.2, -0.15) is 26.9 Å². The van der Waals surface area contributed by atoms with Gasteiger partial charge in [-0.3, -0.25) is 0 Å². The van der Waals surface area contributed by atoms with E-state index < -0.39 is 15.6 Å². The van der Waals surface area contributed by atoms with Gasteiger partial charge in [0.15, 0.2) is 0 Å². The van der Waals surface area contributed by atoms with Gasteiger partial charge in [-0.05, 0) is 43.4 Å². The topological polar surface area (TPSA) is 67.2 Å². The Morgan fingerprint density at radius 1 is 1.15 bits per heavy atom. The molecule has 8 heteroatoms. The monoisotopic (exact) mass is 305 g/mol. The van der Waals surface area contributed by atoms with E-state index in [-0.39, 0.29) is 5.75 Å². The summed E-state index contributed by atoms with van der Waals surface area (Å²) in [6, 6.07) is 4.33. The molecule has 0 N–H and O–H groups in total. The summed E-state index contributed by atoms with van der Waals surface area (Å²) in [5, 5.41) is 8.96. The fourth-order valence-corrected chi connectivity index (χ4v) is 2.67. The molecule has 0 unspecified atom stereocenters. The van der Waals surface area contributed by atoms with Crippen LogP contribution in [0.15, 0.2) is 12.1 Å². The van der Waals surface area contributed by atoms with Crippen molar-refractivity contribution in [1.29, 1.82) is 5.26 Å². The van der Waals surface area contributed by atoms with Crippen molar-refractivity contribution in [2.45, 2.75) is 31.2 Å². The van der Waals surface area contributed by atoms with Crippen molar-refractivity contribution in [2.75, 3.05) is 0 Å². The van der Waals surface area contributed by atoms with Gasteiger partial charge in [0.2, 0.25) is 0 Å². The van der Waals surface area contributed by atoms with Crippen LogP contribution in [-0.4, -0.2) is 13.9 Å². The molecule has 0 bridgehead atoms. The zero-order valence-electron chi connectivity index (χ0n) is 10.2. The summed E-state index contributed by atoms with van der Waals surface area (Å²) in [5.74, 6) is -0.337. The second-order valence-corrected chi connectivity index (χ2v) is 5.91. The second kappa shape index (κ2) is 4.98. The summed E-state index contributed by atoms with van der Waals surface area (Å²) in [4.78, 5) is 0. The Kier molecular flexibility index (Phi) is 3.65. The van der Waals surface area contributed by atoms with Crippen LogP contribution in [0, 0.1) is 11.3 Å². The quantitative estimate of drug-likeness (QED) is 0.622. The minimum absolute atomic E-state index is 0.337. The summed E-state index contributed by atoms with van der Waals surface area (Å²) in [6.45, 7) is 0. The maximum atomic E-state index is 12.3. The third-order valence-electron chi connectivity index (χ3n) is 3.10. The Morgan fingerprint density at radius 2 is 1.75 bits per heavy atom. The second-order valence-electron chi connectivity index (χ2n) is 4.37. The van der Waals surface area contributed by atoms with Gasteiger partial charge in [-0.25, -0.2) is 0 Å². The number of nitriles is 1. The molecule has 0 fully saturated rings. The Labute approximate surface area is 113 Å². The molecule has 20 heavy (non-hydrogen) atoms. The Bertz CT molecular complexity index is 674. The van der Waals surface area contributed by atoms with Crippen molar-refractivity contribution in [3.63, 3.8) is 0 Å². The highest BCUT2D eigenvalue weighted by Crippen LogP contribution is 2.35. The Balaban J connectivity index is 2.48. The maximum absolute atomic E-state index is 12.3. The number of nitrogens with zero attached hydrogens (tertiary/aromatic N) is 1. The number of benzene rings is 1. The lowest BCUT2D eigenvalue weighted by molar-refractivity contribution is -0.0500. The van der Waals surface area contributed by atoms with Crippen molar-refractivity contribution >= 4 is 10.1 Å². The summed E-state index contributed by atoms with van der Waals surface area (Å²) in [6.07, 6.45) is 2.44. The van der Waals surface area contributed by atoms with Crippen molar-refractivity contribution in [1.82, 2.24) is 0 Å². The van der Waals surface area contributed by atoms with Gasteiger partial charge in [0.25, 0.3) is 0 Å². The highest BCUT2D eigenvalue weighted by molar-refractivity contribution is 7.88. The maximum Gasteiger partial charge on any atom is 0.534 e. The highest BCUT2D eigenvalue weighted by Gasteiger charge is 2.48. The van der Waals surface area contributed by atoms with Gasteiger partial charge in [0.1, 0.15) is 5.75 Å². The van der Waals surface area contributed by atoms with Crippen LogP contribution in [0.5, 0.6) is 5.75 Å². The van der Waals surface area contributed by atoms with Crippen LogP contribution < -0.4 is 4.18 Å². The van der Waals surface area contributed by atoms with Crippen LogP contribution in [0.25, 0.3) is 0 Å². The molecule has 1 aromatic carbocycles. The third-order valence-corrected chi connectivity index (χ3v) is 4.06. The minimum atomic E-state index is -5.69. The molecule has 0 amide bonds. The molecule has 0 saturated heterocycles. The fourth-order valence-electron chi connectivity index (χ4n) is 2.18. The van der Waals surface area contributed by atoms with Gasteiger partial charge in [-0.1, -0.05) is 0 Å². The Morgan fingerprint density at radius 3 is 2.30 bits per heavy atom. The summed E-state index contributed by atoms with van der Waals surface area (Å²) in [5.41, 5.74) is -4.17. The molecule has 0 heterocycles. The lowest BCUT2D eigenvalue weighted by atomic mass is 9.88. The first kappa shape index (κ1) is 14.7. The van der Waals surface area contributed by atoms with Crippen LogP contribution >= 0.6 is 0 Å². The average molecular weight is 305 g/mol. The molecular formula is C12H10F3NO3S. The lowest BCUT2D eigenvalue weighted by Crippen LogP contribution is -2.28. The Hall–Kier alpha value is -1.75. The van der Waals surface area contributed by atoms with Crippen LogP contribution in [0.2, 0.25) is 0 Å². The predicted octanol–water partition coefficient (Wildman–Crippen LogP) is 2.67. The van der Waals surface area contributed by atoms with Crippen molar-refractivity contribution < 1.29 is 25.8 Å². The molecule has 0 atom stereocenters. The molecule has 0 aliphatic heterocycles. The first-order valence-corrected chi connectivity index (χ1v) is 7.22. The molecule has 0 spiro atoms. The first-order chi connectivity index (χ1) is 9.26. The molecular weight excluding hydrogens is 295 g/mol. The fraction of sp³-hybridized carbons (Fsp3) is 0.417. The molecule has 2 rings (SSSR count). The zero-order chi connectivity index (χ0) is 15.0. The van der Waals surface area contributed by atoms with Crippen molar-refractivity contribution in [2.24, 2.45) is 0 Å². The smallest absolute Gasteiger partial charge is 0.376 e. The number of hydrogen-bond donors (Lipinski definition) is 0. The molecule has 4 nitrogen and oxygen atoms in total. The van der Waals surface area contributed by atoms with Crippen molar-refractivity contribution in [3.05, 3.63) is 28.8 Å². The highest BCUT2D eigenvalue weighted by atomic mass is 32.2. The zero-order valence-corrected chi connectivity index (χ0v) is 11.0. The van der Waals surface area contributed by atoms with E-state index in [1.807, 2.05) is 6.07 Å². The van der Waals surface area contributed by atoms with Gasteiger partial charge in [0, 0.05) is 5.56 Å². The van der Waals surface area contributed by atoms with E-state index in [1.54, 1.807) is 0 Å². The van der Waals surface area contributed by atoms with Crippen LogP contribution in [0.4, 0.5) is 13.2 Å². The van der Waals surface area contributed by atoms with Crippen molar-refractivity contribution in [3.8, 4) is 11.8 Å². The van der Waals surface area contributed by atoms with E-state index in [0.717, 1.165) is 12.5 Å². The minimum Gasteiger partial charge on any atom is -0.376 e. The molecule has 0 saturated carbocycles. The molecule has 0 radical (unpaired) electrons.